The lowest BCUT2D eigenvalue weighted by Crippen LogP contribution is -2.37. The van der Waals surface area contributed by atoms with Crippen molar-refractivity contribution in [2.24, 2.45) is 0 Å². The third-order valence-electron chi connectivity index (χ3n) is 3.45. The topological polar surface area (TPSA) is 67.4 Å². The van der Waals surface area contributed by atoms with Crippen molar-refractivity contribution in [1.82, 2.24) is 19.6 Å². The summed E-state index contributed by atoms with van der Waals surface area (Å²) in [5, 5.41) is 4.13. The van der Waals surface area contributed by atoms with Gasteiger partial charge in [-0.1, -0.05) is 0 Å². The molecule has 106 valence electrons. The zero-order valence-electron chi connectivity index (χ0n) is 11.6. The van der Waals surface area contributed by atoms with Crippen LogP contribution in [0.1, 0.15) is 19.3 Å². The Kier molecular flexibility index (Phi) is 4.79. The number of amides is 1. The average molecular weight is 265 g/mol. The number of carbonyl (C=O) groups excluding carboxylic acids is 1. The quantitative estimate of drug-likeness (QED) is 0.809. The Morgan fingerprint density at radius 1 is 1.47 bits per heavy atom. The molecule has 1 aliphatic rings. The van der Waals surface area contributed by atoms with Crippen LogP contribution in [0.3, 0.4) is 0 Å². The summed E-state index contributed by atoms with van der Waals surface area (Å²) in [5.74, 6) is 0.806. The van der Waals surface area contributed by atoms with Crippen molar-refractivity contribution in [2.45, 2.75) is 25.8 Å². The molecule has 19 heavy (non-hydrogen) atoms. The molecule has 1 aromatic heterocycles. The highest BCUT2D eigenvalue weighted by molar-refractivity contribution is 5.78. The summed E-state index contributed by atoms with van der Waals surface area (Å²) in [5.41, 5.74) is 5.55. The van der Waals surface area contributed by atoms with Crippen molar-refractivity contribution in [2.75, 3.05) is 39.0 Å². The summed E-state index contributed by atoms with van der Waals surface area (Å²) in [7, 11) is 1.99. The lowest BCUT2D eigenvalue weighted by Gasteiger charge is -2.21. The van der Waals surface area contributed by atoms with E-state index < -0.39 is 0 Å². The van der Waals surface area contributed by atoms with Gasteiger partial charge in [-0.2, -0.15) is 5.10 Å². The zero-order valence-corrected chi connectivity index (χ0v) is 11.6. The van der Waals surface area contributed by atoms with Crippen molar-refractivity contribution >= 4 is 11.7 Å². The van der Waals surface area contributed by atoms with Crippen LogP contribution in [0.15, 0.2) is 12.3 Å². The maximum atomic E-state index is 11.9. The highest BCUT2D eigenvalue weighted by Gasteiger charge is 2.18. The molecule has 2 rings (SSSR count). The Bertz CT molecular complexity index is 411. The predicted octanol–water partition coefficient (Wildman–Crippen LogP) is 0.410. The highest BCUT2D eigenvalue weighted by atomic mass is 16.2. The van der Waals surface area contributed by atoms with Crippen molar-refractivity contribution in [3.63, 3.8) is 0 Å². The Balaban J connectivity index is 1.63. The van der Waals surface area contributed by atoms with Gasteiger partial charge in [0.15, 0.2) is 0 Å². The highest BCUT2D eigenvalue weighted by Crippen LogP contribution is 2.07. The molecule has 6 nitrogen and oxygen atoms in total. The summed E-state index contributed by atoms with van der Waals surface area (Å²) < 4.78 is 1.84. The third-order valence-corrected chi connectivity index (χ3v) is 3.45. The number of likely N-dealkylation sites (N-methyl/N-ethyl adjacent to an activating group) is 1. The summed E-state index contributed by atoms with van der Waals surface area (Å²) in [6.07, 6.45) is 5.14. The van der Waals surface area contributed by atoms with Gasteiger partial charge in [0.1, 0.15) is 5.82 Å². The minimum atomic E-state index is 0.253. The molecule has 2 N–H and O–H groups in total. The normalized spacial score (nSPS) is 15.4. The number of nitrogens with two attached hydrogens (primary N) is 1. The maximum absolute atomic E-state index is 11.9. The number of carbonyl (C=O) groups is 1. The van der Waals surface area contributed by atoms with Crippen LogP contribution in [0.4, 0.5) is 5.82 Å². The van der Waals surface area contributed by atoms with Gasteiger partial charge in [0.25, 0.3) is 0 Å². The number of likely N-dealkylation sites (tertiary alicyclic amines) is 1. The van der Waals surface area contributed by atoms with Crippen molar-refractivity contribution in [3.05, 3.63) is 12.3 Å². The molecule has 1 saturated heterocycles. The fraction of sp³-hybridized carbons (Fsp3) is 0.692. The number of hydrogen-bond acceptors (Lipinski definition) is 4. The van der Waals surface area contributed by atoms with Gasteiger partial charge in [-0.25, -0.2) is 0 Å². The number of hydrogen-bond donors (Lipinski definition) is 1. The second-order valence-corrected chi connectivity index (χ2v) is 5.18. The molecule has 1 aromatic rings. The monoisotopic (exact) mass is 265 g/mol. The Morgan fingerprint density at radius 3 is 2.84 bits per heavy atom. The van der Waals surface area contributed by atoms with Gasteiger partial charge in [-0.3, -0.25) is 14.4 Å². The molecule has 0 aliphatic carbocycles. The molecule has 1 aliphatic heterocycles. The van der Waals surface area contributed by atoms with Crippen molar-refractivity contribution in [1.29, 1.82) is 0 Å². The first-order valence-electron chi connectivity index (χ1n) is 6.90. The fourth-order valence-corrected chi connectivity index (χ4v) is 2.38. The van der Waals surface area contributed by atoms with E-state index in [0.717, 1.165) is 45.4 Å². The minimum absolute atomic E-state index is 0.253. The molecular weight excluding hydrogens is 242 g/mol. The number of aromatic nitrogens is 2. The van der Waals surface area contributed by atoms with Crippen LogP contribution in [0.25, 0.3) is 0 Å². The Labute approximate surface area is 114 Å². The van der Waals surface area contributed by atoms with E-state index in [9.17, 15) is 4.79 Å². The molecule has 0 saturated carbocycles. The van der Waals surface area contributed by atoms with Crippen LogP contribution < -0.4 is 5.73 Å². The van der Waals surface area contributed by atoms with E-state index in [0.29, 0.717) is 12.4 Å². The van der Waals surface area contributed by atoms with Crippen LogP contribution in [0, 0.1) is 0 Å². The predicted molar refractivity (Wildman–Crippen MR) is 74.6 cm³/mol. The SMILES string of the molecule is CN(CCCn1ccc(N)n1)CC(=O)N1CCCC1. The Hall–Kier alpha value is -1.56. The molecule has 1 amide bonds. The lowest BCUT2D eigenvalue weighted by molar-refractivity contribution is -0.131. The molecule has 2 heterocycles. The lowest BCUT2D eigenvalue weighted by atomic mass is 10.3. The maximum Gasteiger partial charge on any atom is 0.236 e. The molecule has 6 heteroatoms. The molecule has 0 aromatic carbocycles. The van der Waals surface area contributed by atoms with Gasteiger partial charge < -0.3 is 10.6 Å². The van der Waals surface area contributed by atoms with Crippen LogP contribution in [0.5, 0.6) is 0 Å². The van der Waals surface area contributed by atoms with Crippen LogP contribution in [0.2, 0.25) is 0 Å². The van der Waals surface area contributed by atoms with E-state index in [4.69, 9.17) is 5.73 Å². The average Bonchev–Trinajstić information content (AvgIpc) is 3.00. The number of rotatable bonds is 6. The summed E-state index contributed by atoms with van der Waals surface area (Å²) in [6, 6.07) is 1.79. The first kappa shape index (κ1) is 13.9. The largest absolute Gasteiger partial charge is 0.382 e. The molecule has 0 bridgehead atoms. The number of anilines is 1. The van der Waals surface area contributed by atoms with Crippen LogP contribution in [-0.4, -0.2) is 58.7 Å². The molecule has 0 unspecified atom stereocenters. The van der Waals surface area contributed by atoms with Gasteiger partial charge in [0.2, 0.25) is 5.91 Å². The zero-order chi connectivity index (χ0) is 13.7. The number of nitrogens with zero attached hydrogens (tertiary/aromatic N) is 4. The van der Waals surface area contributed by atoms with Crippen LogP contribution in [-0.2, 0) is 11.3 Å². The molecule has 0 radical (unpaired) electrons. The summed E-state index contributed by atoms with van der Waals surface area (Å²) in [4.78, 5) is 16.0. The first-order chi connectivity index (χ1) is 9.15. The van der Waals surface area contributed by atoms with E-state index >= 15 is 0 Å². The van der Waals surface area contributed by atoms with E-state index in [-0.39, 0.29) is 5.91 Å². The second kappa shape index (κ2) is 6.56. The first-order valence-corrected chi connectivity index (χ1v) is 6.90. The van der Waals surface area contributed by atoms with Gasteiger partial charge in [-0.05, 0) is 32.4 Å². The van der Waals surface area contributed by atoms with E-state index in [1.54, 1.807) is 6.07 Å². The number of nitrogen functional groups attached to an aromatic ring is 1. The summed E-state index contributed by atoms with van der Waals surface area (Å²) >= 11 is 0. The summed E-state index contributed by atoms with van der Waals surface area (Å²) in [6.45, 7) is 4.10. The second-order valence-electron chi connectivity index (χ2n) is 5.18. The van der Waals surface area contributed by atoms with Gasteiger partial charge >= 0.3 is 0 Å². The van der Waals surface area contributed by atoms with Gasteiger partial charge in [-0.15, -0.1) is 0 Å². The van der Waals surface area contributed by atoms with Crippen LogP contribution >= 0.6 is 0 Å². The Morgan fingerprint density at radius 2 is 2.21 bits per heavy atom. The smallest absolute Gasteiger partial charge is 0.236 e. The van der Waals surface area contributed by atoms with E-state index in [1.165, 1.54) is 0 Å². The molecule has 0 spiro atoms. The standard InChI is InChI=1S/C13H23N5O/c1-16(11-13(19)17-7-2-3-8-17)6-4-9-18-10-5-12(14)15-18/h5,10H,2-4,6-9,11H2,1H3,(H2,14,15). The molecule has 0 atom stereocenters. The van der Waals surface area contributed by atoms with Crippen molar-refractivity contribution in [3.8, 4) is 0 Å². The van der Waals surface area contributed by atoms with Gasteiger partial charge in [0.05, 0.1) is 6.54 Å². The number of aryl methyl sites for hydroxylation is 1. The van der Waals surface area contributed by atoms with Gasteiger partial charge in [0, 0.05) is 32.4 Å². The third kappa shape index (κ3) is 4.24. The fourth-order valence-electron chi connectivity index (χ4n) is 2.38. The molecular formula is C13H23N5O. The molecule has 1 fully saturated rings. The minimum Gasteiger partial charge on any atom is -0.382 e. The van der Waals surface area contributed by atoms with Crippen molar-refractivity contribution < 1.29 is 4.79 Å². The van der Waals surface area contributed by atoms with E-state index in [1.807, 2.05) is 22.8 Å². The van der Waals surface area contributed by atoms with E-state index in [2.05, 4.69) is 10.00 Å².